The third-order valence-electron chi connectivity index (χ3n) is 2.88. The normalized spacial score (nSPS) is 11.3. The van der Waals surface area contributed by atoms with Crippen LogP contribution in [0.25, 0.3) is 11.3 Å². The molecule has 0 saturated carbocycles. The van der Waals surface area contributed by atoms with Gasteiger partial charge in [-0.1, -0.05) is 62.4 Å². The lowest BCUT2D eigenvalue weighted by atomic mass is 10.1. The molecular weight excluding hydrogens is 328 g/mol. The average Bonchev–Trinajstić information content (AvgIpc) is 2.89. The molecule has 0 unspecified atom stereocenters. The largest absolute Gasteiger partial charge is 0.301 e. The van der Waals surface area contributed by atoms with E-state index in [0.29, 0.717) is 21.5 Å². The van der Waals surface area contributed by atoms with Crippen LogP contribution in [0.3, 0.4) is 0 Å². The Morgan fingerprint density at radius 3 is 2.43 bits per heavy atom. The van der Waals surface area contributed by atoms with Crippen LogP contribution in [-0.2, 0) is 4.79 Å². The van der Waals surface area contributed by atoms with E-state index in [-0.39, 0.29) is 16.4 Å². The molecule has 0 bridgehead atoms. The summed E-state index contributed by atoms with van der Waals surface area (Å²) in [5, 5.41) is 3.26. The molecule has 4 nitrogen and oxygen atoms in total. The molecule has 6 heteroatoms. The Morgan fingerprint density at radius 2 is 1.87 bits per heavy atom. The summed E-state index contributed by atoms with van der Waals surface area (Å²) in [6.45, 7) is 7.71. The molecule has 1 aromatic carbocycles. The Kier molecular flexibility index (Phi) is 5.59. The maximum atomic E-state index is 12.0. The molecule has 122 valence electrons. The van der Waals surface area contributed by atoms with E-state index < -0.39 is 0 Å². The highest BCUT2D eigenvalue weighted by atomic mass is 32.2. The molecular formula is C17H20N2O2S2. The monoisotopic (exact) mass is 348 g/mol. The van der Waals surface area contributed by atoms with Crippen molar-refractivity contribution >= 4 is 39.9 Å². The number of carbonyl (C=O) groups excluding carboxylic acids is 2. The summed E-state index contributed by atoms with van der Waals surface area (Å²) in [6.07, 6.45) is 0. The maximum Gasteiger partial charge on any atom is 0.236 e. The highest BCUT2D eigenvalue weighted by Gasteiger charge is 2.19. The van der Waals surface area contributed by atoms with Gasteiger partial charge in [-0.25, -0.2) is 4.98 Å². The number of amides is 1. The van der Waals surface area contributed by atoms with E-state index >= 15 is 0 Å². The maximum absolute atomic E-state index is 12.0. The molecule has 0 aliphatic carbocycles. The lowest BCUT2D eigenvalue weighted by Crippen LogP contribution is -2.18. The molecule has 1 aromatic heterocycles. The van der Waals surface area contributed by atoms with Crippen LogP contribution in [0.15, 0.2) is 30.3 Å². The highest BCUT2D eigenvalue weighted by molar-refractivity contribution is 8.01. The van der Waals surface area contributed by atoms with Crippen molar-refractivity contribution in [3.05, 3.63) is 35.2 Å². The molecule has 2 rings (SSSR count). The number of ketones is 1. The van der Waals surface area contributed by atoms with Gasteiger partial charge in [0.05, 0.1) is 16.3 Å². The molecule has 0 radical (unpaired) electrons. The summed E-state index contributed by atoms with van der Waals surface area (Å²) in [4.78, 5) is 28.9. The number of thioether (sulfide) groups is 1. The van der Waals surface area contributed by atoms with Gasteiger partial charge in [-0.15, -0.1) is 11.8 Å². The number of nitrogens with one attached hydrogen (secondary N) is 1. The smallest absolute Gasteiger partial charge is 0.236 e. The minimum atomic E-state index is -0.103. The van der Waals surface area contributed by atoms with Crippen LogP contribution in [0.1, 0.15) is 37.4 Å². The second-order valence-corrected chi connectivity index (χ2v) is 8.87. The van der Waals surface area contributed by atoms with Crippen LogP contribution in [0, 0.1) is 0 Å². The molecule has 2 aromatic rings. The number of nitrogens with zero attached hydrogens (tertiary/aromatic N) is 1. The summed E-state index contributed by atoms with van der Waals surface area (Å²) in [5.74, 6) is 0.207. The van der Waals surface area contributed by atoms with Crippen molar-refractivity contribution in [2.45, 2.75) is 32.4 Å². The number of anilines is 1. The van der Waals surface area contributed by atoms with Gasteiger partial charge in [-0.3, -0.25) is 9.59 Å². The van der Waals surface area contributed by atoms with Gasteiger partial charge in [-0.2, -0.15) is 0 Å². The zero-order valence-corrected chi connectivity index (χ0v) is 15.3. The Bertz CT molecular complexity index is 703. The number of aromatic nitrogens is 1. The third kappa shape index (κ3) is 5.18. The summed E-state index contributed by atoms with van der Waals surface area (Å²) >= 11 is 2.79. The van der Waals surface area contributed by atoms with Gasteiger partial charge in [-0.05, 0) is 0 Å². The molecule has 1 heterocycles. The van der Waals surface area contributed by atoms with Gasteiger partial charge in [0, 0.05) is 17.2 Å². The van der Waals surface area contributed by atoms with Gasteiger partial charge in [0.25, 0.3) is 0 Å². The van der Waals surface area contributed by atoms with Crippen LogP contribution < -0.4 is 5.32 Å². The van der Waals surface area contributed by atoms with E-state index in [2.05, 4.69) is 31.1 Å². The van der Waals surface area contributed by atoms with E-state index in [0.717, 1.165) is 5.56 Å². The standard InChI is InChI=1S/C17H20N2O2S2/c1-11(20)15-14(12-8-6-5-7-9-12)19-16(23-15)18-13(21)10-22-17(2,3)4/h5-9H,10H2,1-4H3,(H,18,19,21). The van der Waals surface area contributed by atoms with Crippen molar-refractivity contribution < 1.29 is 9.59 Å². The van der Waals surface area contributed by atoms with Crippen molar-refractivity contribution in [3.8, 4) is 11.3 Å². The van der Waals surface area contributed by atoms with E-state index in [9.17, 15) is 9.59 Å². The van der Waals surface area contributed by atoms with Crippen molar-refractivity contribution in [2.75, 3.05) is 11.1 Å². The second-order valence-electron chi connectivity index (χ2n) is 6.07. The predicted octanol–water partition coefficient (Wildman–Crippen LogP) is 4.48. The van der Waals surface area contributed by atoms with E-state index in [1.807, 2.05) is 30.3 Å². The third-order valence-corrected chi connectivity index (χ3v) is 5.22. The lowest BCUT2D eigenvalue weighted by Gasteiger charge is -2.16. The summed E-state index contributed by atoms with van der Waals surface area (Å²) in [7, 11) is 0. The van der Waals surface area contributed by atoms with Gasteiger partial charge in [0.2, 0.25) is 5.91 Å². The second kappa shape index (κ2) is 7.27. The summed E-state index contributed by atoms with van der Waals surface area (Å²) in [6, 6.07) is 9.52. The molecule has 0 saturated heterocycles. The van der Waals surface area contributed by atoms with Crippen molar-refractivity contribution in [2.24, 2.45) is 0 Å². The number of rotatable bonds is 5. The van der Waals surface area contributed by atoms with Crippen molar-refractivity contribution in [1.82, 2.24) is 4.98 Å². The van der Waals surface area contributed by atoms with Crippen LogP contribution in [0.5, 0.6) is 0 Å². The molecule has 1 N–H and O–H groups in total. The van der Waals surface area contributed by atoms with E-state index in [1.165, 1.54) is 18.3 Å². The lowest BCUT2D eigenvalue weighted by molar-refractivity contribution is -0.113. The SMILES string of the molecule is CC(=O)c1sc(NC(=O)CSC(C)(C)C)nc1-c1ccccc1. The Labute approximate surface area is 144 Å². The van der Waals surface area contributed by atoms with Crippen LogP contribution in [0.2, 0.25) is 0 Å². The van der Waals surface area contributed by atoms with Gasteiger partial charge in [0.1, 0.15) is 0 Å². The van der Waals surface area contributed by atoms with E-state index in [4.69, 9.17) is 0 Å². The molecule has 1 amide bonds. The van der Waals surface area contributed by atoms with Crippen molar-refractivity contribution in [3.63, 3.8) is 0 Å². The minimum Gasteiger partial charge on any atom is -0.301 e. The Hall–Kier alpha value is -1.66. The topological polar surface area (TPSA) is 59.1 Å². The molecule has 23 heavy (non-hydrogen) atoms. The number of benzene rings is 1. The number of Topliss-reactive ketones (excluding diaryl/α,β-unsaturated/α-hetero) is 1. The van der Waals surface area contributed by atoms with Gasteiger partial charge in [0.15, 0.2) is 10.9 Å². The first-order valence-corrected chi connectivity index (χ1v) is 9.07. The average molecular weight is 348 g/mol. The first-order chi connectivity index (χ1) is 10.8. The minimum absolute atomic E-state index is 0.0277. The van der Waals surface area contributed by atoms with Crippen LogP contribution in [0.4, 0.5) is 5.13 Å². The summed E-state index contributed by atoms with van der Waals surface area (Å²) in [5.41, 5.74) is 1.50. The number of thiazole rings is 1. The highest BCUT2D eigenvalue weighted by Crippen LogP contribution is 2.31. The molecule has 0 aliphatic rings. The number of carbonyl (C=O) groups is 2. The molecule has 0 atom stereocenters. The Morgan fingerprint density at radius 1 is 1.22 bits per heavy atom. The first kappa shape index (κ1) is 17.7. The van der Waals surface area contributed by atoms with E-state index in [1.54, 1.807) is 11.8 Å². The first-order valence-electron chi connectivity index (χ1n) is 7.27. The quantitative estimate of drug-likeness (QED) is 0.809. The molecule has 0 fully saturated rings. The summed E-state index contributed by atoms with van der Waals surface area (Å²) < 4.78 is 0.0277. The van der Waals surface area contributed by atoms with Crippen LogP contribution >= 0.6 is 23.1 Å². The zero-order chi connectivity index (χ0) is 17.0. The van der Waals surface area contributed by atoms with Gasteiger partial charge < -0.3 is 5.32 Å². The Balaban J connectivity index is 2.18. The fourth-order valence-corrected chi connectivity index (χ4v) is 3.38. The molecule has 0 spiro atoms. The fourth-order valence-electron chi connectivity index (χ4n) is 1.84. The predicted molar refractivity (Wildman–Crippen MR) is 98.4 cm³/mol. The van der Waals surface area contributed by atoms with Gasteiger partial charge >= 0.3 is 0 Å². The fraction of sp³-hybridized carbons (Fsp3) is 0.353. The number of hydrogen-bond acceptors (Lipinski definition) is 5. The van der Waals surface area contributed by atoms with Crippen molar-refractivity contribution in [1.29, 1.82) is 0 Å². The zero-order valence-electron chi connectivity index (χ0n) is 13.7. The number of hydrogen-bond donors (Lipinski definition) is 1. The molecule has 0 aliphatic heterocycles. The van der Waals surface area contributed by atoms with Crippen LogP contribution in [-0.4, -0.2) is 27.2 Å².